The van der Waals surface area contributed by atoms with Gasteiger partial charge in [-0.15, -0.1) is 0 Å². The van der Waals surface area contributed by atoms with Crippen LogP contribution in [-0.4, -0.2) is 40.4 Å². The maximum atomic E-state index is 12.4. The Morgan fingerprint density at radius 2 is 1.89 bits per heavy atom. The van der Waals surface area contributed by atoms with Crippen LogP contribution in [0.15, 0.2) is 0 Å². The first-order valence-electron chi connectivity index (χ1n) is 7.67. The first kappa shape index (κ1) is 16.8. The van der Waals surface area contributed by atoms with Crippen LogP contribution < -0.4 is 5.73 Å². The van der Waals surface area contributed by atoms with Gasteiger partial charge in [-0.2, -0.15) is 11.8 Å². The van der Waals surface area contributed by atoms with Gasteiger partial charge in [0.1, 0.15) is 0 Å². The zero-order valence-corrected chi connectivity index (χ0v) is 13.5. The SMILES string of the molecule is CC(N)CCSCC(=O)N(C(C)C)C1CCCCC1. The lowest BCUT2D eigenvalue weighted by Gasteiger charge is -2.37. The van der Waals surface area contributed by atoms with E-state index in [0.717, 1.165) is 12.2 Å². The van der Waals surface area contributed by atoms with E-state index in [0.29, 0.717) is 23.7 Å². The predicted molar refractivity (Wildman–Crippen MR) is 84.4 cm³/mol. The minimum Gasteiger partial charge on any atom is -0.337 e. The first-order valence-corrected chi connectivity index (χ1v) is 8.82. The van der Waals surface area contributed by atoms with Crippen LogP contribution in [0.1, 0.15) is 59.3 Å². The van der Waals surface area contributed by atoms with Gasteiger partial charge < -0.3 is 10.6 Å². The molecule has 4 heteroatoms. The van der Waals surface area contributed by atoms with Gasteiger partial charge in [-0.3, -0.25) is 4.79 Å². The van der Waals surface area contributed by atoms with Crippen molar-refractivity contribution in [3.63, 3.8) is 0 Å². The van der Waals surface area contributed by atoms with E-state index in [2.05, 4.69) is 18.7 Å². The van der Waals surface area contributed by atoms with E-state index < -0.39 is 0 Å². The summed E-state index contributed by atoms with van der Waals surface area (Å²) in [5, 5.41) is 0. The molecule has 0 spiro atoms. The Labute approximate surface area is 122 Å². The van der Waals surface area contributed by atoms with Gasteiger partial charge >= 0.3 is 0 Å². The molecule has 1 aliphatic carbocycles. The van der Waals surface area contributed by atoms with Crippen LogP contribution in [0.3, 0.4) is 0 Å². The van der Waals surface area contributed by atoms with E-state index >= 15 is 0 Å². The Hall–Kier alpha value is -0.220. The summed E-state index contributed by atoms with van der Waals surface area (Å²) in [4.78, 5) is 14.5. The highest BCUT2D eigenvalue weighted by molar-refractivity contribution is 7.99. The van der Waals surface area contributed by atoms with Gasteiger partial charge in [-0.1, -0.05) is 19.3 Å². The predicted octanol–water partition coefficient (Wildman–Crippen LogP) is 3.03. The molecule has 0 heterocycles. The number of amides is 1. The summed E-state index contributed by atoms with van der Waals surface area (Å²) in [6.45, 7) is 6.29. The first-order chi connectivity index (χ1) is 9.02. The second kappa shape index (κ2) is 8.85. The van der Waals surface area contributed by atoms with Crippen LogP contribution in [0.5, 0.6) is 0 Å². The standard InChI is InChI=1S/C15H30N2OS/c1-12(2)17(14-7-5-4-6-8-14)15(18)11-19-10-9-13(3)16/h12-14H,4-11,16H2,1-3H3. The van der Waals surface area contributed by atoms with Crippen LogP contribution >= 0.6 is 11.8 Å². The molecule has 0 saturated heterocycles. The molecule has 1 rings (SSSR count). The fraction of sp³-hybridized carbons (Fsp3) is 0.933. The van der Waals surface area contributed by atoms with E-state index in [9.17, 15) is 4.79 Å². The summed E-state index contributed by atoms with van der Waals surface area (Å²) in [6, 6.07) is 1.04. The van der Waals surface area contributed by atoms with Crippen molar-refractivity contribution in [3.05, 3.63) is 0 Å². The molecule has 19 heavy (non-hydrogen) atoms. The molecule has 0 aliphatic heterocycles. The number of hydrogen-bond acceptors (Lipinski definition) is 3. The zero-order chi connectivity index (χ0) is 14.3. The van der Waals surface area contributed by atoms with Crippen LogP contribution in [0.4, 0.5) is 0 Å². The van der Waals surface area contributed by atoms with Crippen molar-refractivity contribution >= 4 is 17.7 Å². The number of nitrogens with zero attached hydrogens (tertiary/aromatic N) is 1. The van der Waals surface area contributed by atoms with Crippen molar-refractivity contribution in [1.82, 2.24) is 4.90 Å². The molecule has 1 aliphatic rings. The van der Waals surface area contributed by atoms with E-state index in [4.69, 9.17) is 5.73 Å². The lowest BCUT2D eigenvalue weighted by molar-refractivity contribution is -0.133. The molecule has 1 unspecified atom stereocenters. The summed E-state index contributed by atoms with van der Waals surface area (Å²) in [7, 11) is 0. The van der Waals surface area contributed by atoms with Crippen molar-refractivity contribution in [1.29, 1.82) is 0 Å². The number of nitrogens with two attached hydrogens (primary N) is 1. The molecule has 0 aromatic carbocycles. The van der Waals surface area contributed by atoms with Crippen molar-refractivity contribution in [2.24, 2.45) is 5.73 Å². The van der Waals surface area contributed by atoms with E-state index in [-0.39, 0.29) is 6.04 Å². The van der Waals surface area contributed by atoms with Gasteiger partial charge in [-0.05, 0) is 45.8 Å². The second-order valence-electron chi connectivity index (χ2n) is 6.01. The van der Waals surface area contributed by atoms with Crippen molar-refractivity contribution in [2.75, 3.05) is 11.5 Å². The lowest BCUT2D eigenvalue weighted by atomic mass is 9.93. The highest BCUT2D eigenvalue weighted by atomic mass is 32.2. The smallest absolute Gasteiger partial charge is 0.233 e. The molecular formula is C15H30N2OS. The molecule has 1 saturated carbocycles. The molecule has 0 radical (unpaired) electrons. The van der Waals surface area contributed by atoms with Gasteiger partial charge in [0.15, 0.2) is 0 Å². The summed E-state index contributed by atoms with van der Waals surface area (Å²) >= 11 is 1.73. The van der Waals surface area contributed by atoms with Gasteiger partial charge in [0.2, 0.25) is 5.91 Å². The van der Waals surface area contributed by atoms with Crippen LogP contribution in [0, 0.1) is 0 Å². The monoisotopic (exact) mass is 286 g/mol. The summed E-state index contributed by atoms with van der Waals surface area (Å²) in [6.07, 6.45) is 7.25. The van der Waals surface area contributed by atoms with Crippen molar-refractivity contribution in [3.8, 4) is 0 Å². The largest absolute Gasteiger partial charge is 0.337 e. The number of carbonyl (C=O) groups is 1. The molecule has 2 N–H and O–H groups in total. The lowest BCUT2D eigenvalue weighted by Crippen LogP contribution is -2.46. The molecule has 3 nitrogen and oxygen atoms in total. The molecule has 112 valence electrons. The minimum atomic E-state index is 0.238. The molecule has 0 aromatic heterocycles. The summed E-state index contributed by atoms with van der Waals surface area (Å²) < 4.78 is 0. The van der Waals surface area contributed by atoms with Gasteiger partial charge in [-0.25, -0.2) is 0 Å². The zero-order valence-electron chi connectivity index (χ0n) is 12.7. The molecule has 0 aromatic rings. The van der Waals surface area contributed by atoms with Crippen LogP contribution in [-0.2, 0) is 4.79 Å². The molecular weight excluding hydrogens is 256 g/mol. The van der Waals surface area contributed by atoms with E-state index in [1.165, 1.54) is 32.1 Å². The highest BCUT2D eigenvalue weighted by Crippen LogP contribution is 2.25. The fourth-order valence-corrected chi connectivity index (χ4v) is 3.78. The van der Waals surface area contributed by atoms with Crippen molar-refractivity contribution in [2.45, 2.75) is 77.4 Å². The Morgan fingerprint density at radius 3 is 2.42 bits per heavy atom. The van der Waals surface area contributed by atoms with Gasteiger partial charge in [0.25, 0.3) is 0 Å². The number of rotatable bonds is 7. The Balaban J connectivity index is 2.39. The average Bonchev–Trinajstić information content (AvgIpc) is 2.35. The number of thioether (sulfide) groups is 1. The summed E-state index contributed by atoms with van der Waals surface area (Å²) in [5.41, 5.74) is 5.73. The molecule has 1 atom stereocenters. The minimum absolute atomic E-state index is 0.238. The second-order valence-corrected chi connectivity index (χ2v) is 7.11. The van der Waals surface area contributed by atoms with E-state index in [1.54, 1.807) is 11.8 Å². The van der Waals surface area contributed by atoms with Gasteiger partial charge in [0.05, 0.1) is 5.75 Å². The Kier molecular flexibility index (Phi) is 7.84. The Morgan fingerprint density at radius 1 is 1.26 bits per heavy atom. The van der Waals surface area contributed by atoms with Crippen molar-refractivity contribution < 1.29 is 4.79 Å². The third-order valence-electron chi connectivity index (χ3n) is 3.76. The van der Waals surface area contributed by atoms with Crippen LogP contribution in [0.25, 0.3) is 0 Å². The third-order valence-corrected chi connectivity index (χ3v) is 4.73. The van der Waals surface area contributed by atoms with Crippen LogP contribution in [0.2, 0.25) is 0 Å². The quantitative estimate of drug-likeness (QED) is 0.732. The number of hydrogen-bond donors (Lipinski definition) is 1. The molecule has 0 bridgehead atoms. The molecule has 1 amide bonds. The summed E-state index contributed by atoms with van der Waals surface area (Å²) in [5.74, 6) is 1.91. The average molecular weight is 286 g/mol. The Bertz CT molecular complexity index is 263. The topological polar surface area (TPSA) is 46.3 Å². The maximum Gasteiger partial charge on any atom is 0.233 e. The van der Waals surface area contributed by atoms with Gasteiger partial charge in [0, 0.05) is 18.1 Å². The third kappa shape index (κ3) is 6.17. The molecule has 1 fully saturated rings. The highest BCUT2D eigenvalue weighted by Gasteiger charge is 2.27. The number of carbonyl (C=O) groups excluding carboxylic acids is 1. The van der Waals surface area contributed by atoms with E-state index in [1.807, 2.05) is 6.92 Å². The fourth-order valence-electron chi connectivity index (χ4n) is 2.78. The maximum absolute atomic E-state index is 12.4. The normalized spacial score (nSPS) is 18.6.